The molecule has 0 aliphatic carbocycles. The molecule has 4 heterocycles. The van der Waals surface area contributed by atoms with Crippen LogP contribution in [-0.2, 0) is 0 Å². The predicted octanol–water partition coefficient (Wildman–Crippen LogP) is 3.74. The molecule has 5 rings (SSSR count). The summed E-state index contributed by atoms with van der Waals surface area (Å²) in [6, 6.07) is 4.05. The lowest BCUT2D eigenvalue weighted by molar-refractivity contribution is -0.275. The summed E-state index contributed by atoms with van der Waals surface area (Å²) in [5.74, 6) is -0.181. The molecule has 0 radical (unpaired) electrons. The third-order valence-electron chi connectivity index (χ3n) is 5.46. The molecule has 3 saturated heterocycles. The maximum atomic E-state index is 14.5. The van der Waals surface area contributed by atoms with Crippen LogP contribution in [0.1, 0.15) is 32.8 Å². The van der Waals surface area contributed by atoms with Gasteiger partial charge in [-0.1, -0.05) is 12.7 Å². The first-order chi connectivity index (χ1) is 14.6. The van der Waals surface area contributed by atoms with Crippen molar-refractivity contribution in [1.82, 2.24) is 10.3 Å². The highest BCUT2D eigenvalue weighted by molar-refractivity contribution is 5.93. The summed E-state index contributed by atoms with van der Waals surface area (Å²) in [6.45, 7) is 8.89. The lowest BCUT2D eigenvalue weighted by atomic mass is 9.92. The first-order valence-corrected chi connectivity index (χ1v) is 10.2. The molecule has 0 amide bonds. The summed E-state index contributed by atoms with van der Waals surface area (Å²) in [4.78, 5) is 10.8. The molecule has 7 nitrogen and oxygen atoms in total. The van der Waals surface area contributed by atoms with E-state index in [1.807, 2.05) is 4.90 Å². The van der Waals surface area contributed by atoms with E-state index in [2.05, 4.69) is 21.9 Å². The van der Waals surface area contributed by atoms with Crippen molar-refractivity contribution >= 4 is 29.0 Å². The van der Waals surface area contributed by atoms with Crippen LogP contribution in [0.3, 0.4) is 0 Å². The molecule has 2 atom stereocenters. The van der Waals surface area contributed by atoms with Gasteiger partial charge >= 0.3 is 6.11 Å². The molecule has 1 aromatic carbocycles. The van der Waals surface area contributed by atoms with Gasteiger partial charge in [-0.2, -0.15) is 13.8 Å². The second-order valence-corrected chi connectivity index (χ2v) is 8.34. The molecule has 3 aliphatic rings. The summed E-state index contributed by atoms with van der Waals surface area (Å²) in [7, 11) is 0. The Morgan fingerprint density at radius 3 is 2.65 bits per heavy atom. The highest BCUT2D eigenvalue weighted by Crippen LogP contribution is 2.40. The number of fused-ring (bicyclic) bond motifs is 3. The van der Waals surface area contributed by atoms with Crippen molar-refractivity contribution in [3.63, 3.8) is 0 Å². The molecule has 2 unspecified atom stereocenters. The minimum Gasteiger partial charge on any atom is -0.428 e. The summed E-state index contributed by atoms with van der Waals surface area (Å²) in [6.07, 6.45) is 2.17. The third kappa shape index (κ3) is 3.95. The van der Waals surface area contributed by atoms with E-state index >= 15 is 0 Å². The van der Waals surface area contributed by atoms with E-state index in [1.54, 1.807) is 31.4 Å². The van der Waals surface area contributed by atoms with Crippen molar-refractivity contribution in [3.8, 4) is 5.75 Å². The minimum atomic E-state index is -3.83. The zero-order chi connectivity index (χ0) is 22.4. The molecule has 166 valence electrons. The van der Waals surface area contributed by atoms with Crippen molar-refractivity contribution in [2.75, 3.05) is 18.0 Å². The van der Waals surface area contributed by atoms with E-state index in [4.69, 9.17) is 9.15 Å². The largest absolute Gasteiger partial charge is 0.428 e. The van der Waals surface area contributed by atoms with Gasteiger partial charge in [-0.05, 0) is 45.4 Å². The van der Waals surface area contributed by atoms with Crippen LogP contribution in [0.15, 0.2) is 40.3 Å². The van der Waals surface area contributed by atoms with Gasteiger partial charge in [0.15, 0.2) is 22.5 Å². The summed E-state index contributed by atoms with van der Waals surface area (Å²) in [5, 5.41) is 13.3. The lowest BCUT2D eigenvalue weighted by Crippen LogP contribution is -2.67. The SMILES string of the molecule is C=C/C=C(\N=CC)c1ccc(OC(F)(F)C(C)(C)O)c2nc(N3CC4CC(C3)N4)oc12. The van der Waals surface area contributed by atoms with E-state index < -0.39 is 11.7 Å². The van der Waals surface area contributed by atoms with Crippen molar-refractivity contribution < 1.29 is 23.0 Å². The van der Waals surface area contributed by atoms with Gasteiger partial charge < -0.3 is 24.5 Å². The second kappa shape index (κ2) is 7.72. The summed E-state index contributed by atoms with van der Waals surface area (Å²) in [5.41, 5.74) is -0.833. The van der Waals surface area contributed by atoms with E-state index in [0.29, 0.717) is 29.4 Å². The number of aromatic nitrogens is 1. The Bertz CT molecular complexity index is 1040. The Kier molecular flexibility index (Phi) is 5.35. The molecular formula is C22H26F2N4O3. The lowest BCUT2D eigenvalue weighted by Gasteiger charge is -2.47. The third-order valence-corrected chi connectivity index (χ3v) is 5.46. The topological polar surface area (TPSA) is 83.1 Å². The van der Waals surface area contributed by atoms with Gasteiger partial charge in [-0.15, -0.1) is 0 Å². The number of oxazole rings is 1. The molecular weight excluding hydrogens is 406 g/mol. The second-order valence-electron chi connectivity index (χ2n) is 8.34. The molecule has 0 spiro atoms. The summed E-state index contributed by atoms with van der Waals surface area (Å²) >= 11 is 0. The maximum absolute atomic E-state index is 14.5. The molecule has 3 fully saturated rings. The summed E-state index contributed by atoms with van der Waals surface area (Å²) < 4.78 is 40.0. The maximum Gasteiger partial charge on any atom is 0.426 e. The number of nitrogens with one attached hydrogen (secondary N) is 1. The Labute approximate surface area is 179 Å². The van der Waals surface area contributed by atoms with E-state index in [0.717, 1.165) is 33.4 Å². The molecule has 2 N–H and O–H groups in total. The van der Waals surface area contributed by atoms with Gasteiger partial charge in [0.05, 0.1) is 5.70 Å². The van der Waals surface area contributed by atoms with Crippen LogP contribution in [0.2, 0.25) is 0 Å². The van der Waals surface area contributed by atoms with Crippen LogP contribution in [-0.4, -0.2) is 53.2 Å². The quantitative estimate of drug-likeness (QED) is 0.512. The number of rotatable bonds is 7. The number of aliphatic imine (C=N–C) groups is 1. The number of ether oxygens (including phenoxy) is 1. The average Bonchev–Trinajstić information content (AvgIpc) is 3.13. The van der Waals surface area contributed by atoms with E-state index in [1.165, 1.54) is 6.07 Å². The van der Waals surface area contributed by atoms with Crippen LogP contribution in [0.25, 0.3) is 16.8 Å². The fourth-order valence-corrected chi connectivity index (χ4v) is 3.78. The number of nitrogens with zero attached hydrogens (tertiary/aromatic N) is 3. The highest BCUT2D eigenvalue weighted by atomic mass is 19.3. The number of alkyl halides is 2. The van der Waals surface area contributed by atoms with Gasteiger partial charge in [0.2, 0.25) is 0 Å². The zero-order valence-electron chi connectivity index (χ0n) is 17.7. The Morgan fingerprint density at radius 1 is 1.39 bits per heavy atom. The van der Waals surface area contributed by atoms with Crippen LogP contribution < -0.4 is 15.0 Å². The predicted molar refractivity (Wildman–Crippen MR) is 116 cm³/mol. The fourth-order valence-electron chi connectivity index (χ4n) is 3.78. The number of hydrogen-bond acceptors (Lipinski definition) is 7. The van der Waals surface area contributed by atoms with Gasteiger partial charge in [0.1, 0.15) is 0 Å². The molecule has 3 aliphatic heterocycles. The Morgan fingerprint density at radius 2 is 2.06 bits per heavy atom. The number of piperidine rings is 1. The van der Waals surface area contributed by atoms with Crippen molar-refractivity contribution in [3.05, 3.63) is 36.4 Å². The van der Waals surface area contributed by atoms with E-state index in [-0.39, 0.29) is 16.8 Å². The Hall–Kier alpha value is -2.78. The van der Waals surface area contributed by atoms with Crippen LogP contribution in [0.5, 0.6) is 5.75 Å². The van der Waals surface area contributed by atoms with Crippen molar-refractivity contribution in [1.29, 1.82) is 0 Å². The number of hydrogen-bond donors (Lipinski definition) is 2. The zero-order valence-corrected chi connectivity index (χ0v) is 17.7. The molecule has 1 aromatic heterocycles. The van der Waals surface area contributed by atoms with Crippen molar-refractivity contribution in [2.24, 2.45) is 4.99 Å². The van der Waals surface area contributed by atoms with Gasteiger partial charge in [0.25, 0.3) is 6.01 Å². The molecule has 31 heavy (non-hydrogen) atoms. The van der Waals surface area contributed by atoms with Crippen molar-refractivity contribution in [2.45, 2.75) is 51.0 Å². The first kappa shape index (κ1) is 21.5. The molecule has 2 bridgehead atoms. The first-order valence-electron chi connectivity index (χ1n) is 10.2. The normalized spacial score (nSPS) is 22.1. The smallest absolute Gasteiger partial charge is 0.426 e. The number of aliphatic hydroxyl groups is 1. The monoisotopic (exact) mass is 432 g/mol. The standard InChI is InChI=1S/C22H26F2N4O3/c1-5-7-16(25-6-2)15-8-9-17(31-22(23,24)21(3,4)29)18-19(15)30-20(27-18)28-11-13-10-14(12-28)26-13/h5-9,13-14,26,29H,1,10-12H2,2-4H3/b16-7-,25-6?. The van der Waals surface area contributed by atoms with Crippen LogP contribution >= 0.6 is 0 Å². The number of benzene rings is 1. The fraction of sp³-hybridized carbons (Fsp3) is 0.455. The Balaban J connectivity index is 1.82. The highest BCUT2D eigenvalue weighted by Gasteiger charge is 2.49. The van der Waals surface area contributed by atoms with Crippen LogP contribution in [0.4, 0.5) is 14.8 Å². The van der Waals surface area contributed by atoms with E-state index in [9.17, 15) is 13.9 Å². The molecule has 2 aromatic rings. The van der Waals surface area contributed by atoms with Gasteiger partial charge in [-0.25, -0.2) is 0 Å². The van der Waals surface area contributed by atoms with Gasteiger partial charge in [-0.3, -0.25) is 4.99 Å². The number of halogens is 2. The molecule has 9 heteroatoms. The minimum absolute atomic E-state index is 0.143. The number of allylic oxidation sites excluding steroid dienone is 2. The number of anilines is 1. The molecule has 0 saturated carbocycles. The average molecular weight is 432 g/mol. The van der Waals surface area contributed by atoms with Gasteiger partial charge in [0, 0.05) is 37.0 Å². The number of piperazine rings is 1. The van der Waals surface area contributed by atoms with Crippen LogP contribution in [0, 0.1) is 0 Å².